The van der Waals surface area contributed by atoms with Crippen LogP contribution >= 0.6 is 11.3 Å². The predicted molar refractivity (Wildman–Crippen MR) is 80.3 cm³/mol. The van der Waals surface area contributed by atoms with Gasteiger partial charge < -0.3 is 16.0 Å². The molecule has 1 aliphatic rings. The van der Waals surface area contributed by atoms with Gasteiger partial charge in [0.25, 0.3) is 0 Å². The van der Waals surface area contributed by atoms with Crippen LogP contribution in [0.4, 0.5) is 5.13 Å². The van der Waals surface area contributed by atoms with Gasteiger partial charge in [0, 0.05) is 6.42 Å². The number of nitrogen functional groups attached to an aromatic ring is 1. The van der Waals surface area contributed by atoms with E-state index in [9.17, 15) is 4.79 Å². The molecule has 1 unspecified atom stereocenters. The second-order valence-corrected chi connectivity index (χ2v) is 6.39. The quantitative estimate of drug-likeness (QED) is 0.858. The smallest absolute Gasteiger partial charge is 0.220 e. The Morgan fingerprint density at radius 3 is 2.75 bits per heavy atom. The number of anilines is 1. The first-order valence-electron chi connectivity index (χ1n) is 7.19. The third kappa shape index (κ3) is 4.14. The fraction of sp³-hybridized carbons (Fsp3) is 0.769. The number of amides is 1. The van der Waals surface area contributed by atoms with Crippen LogP contribution in [0, 0.1) is 5.92 Å². The van der Waals surface area contributed by atoms with Crippen molar-refractivity contribution in [2.45, 2.75) is 39.2 Å². The van der Waals surface area contributed by atoms with Crippen LogP contribution in [0.3, 0.4) is 0 Å². The number of rotatable bonds is 5. The molecule has 1 atom stereocenters. The average Bonchev–Trinajstić information content (AvgIpc) is 2.86. The van der Waals surface area contributed by atoms with Crippen LogP contribution in [0.1, 0.15) is 44.2 Å². The van der Waals surface area contributed by atoms with Crippen LogP contribution in [-0.4, -0.2) is 40.6 Å². The molecule has 1 amide bonds. The number of nitrogens with one attached hydrogen (secondary N) is 1. The number of aromatic nitrogens is 2. The number of likely N-dealkylation sites (tertiary alicyclic amines) is 1. The van der Waals surface area contributed by atoms with Crippen molar-refractivity contribution in [2.24, 2.45) is 5.92 Å². The van der Waals surface area contributed by atoms with E-state index in [1.165, 1.54) is 11.3 Å². The lowest BCUT2D eigenvalue weighted by molar-refractivity contribution is -0.123. The zero-order valence-corrected chi connectivity index (χ0v) is 12.9. The summed E-state index contributed by atoms with van der Waals surface area (Å²) in [5.74, 6) is 0.603. The van der Waals surface area contributed by atoms with Gasteiger partial charge in [0.1, 0.15) is 5.01 Å². The standard InChI is InChI=1S/C13H23N5OS/c1-3-18-6-4-10(5-7-18)8-11(19)15-9(2)12-16-17-13(14)20-12/h9-10H,3-8H2,1-2H3,(H2,14,17)(H,15,19). The zero-order valence-electron chi connectivity index (χ0n) is 12.1. The Balaban J connectivity index is 1.75. The second kappa shape index (κ2) is 6.99. The van der Waals surface area contributed by atoms with Gasteiger partial charge in [0.05, 0.1) is 6.04 Å². The van der Waals surface area contributed by atoms with Gasteiger partial charge in [-0.1, -0.05) is 18.3 Å². The molecule has 0 radical (unpaired) electrons. The largest absolute Gasteiger partial charge is 0.374 e. The Morgan fingerprint density at radius 1 is 1.50 bits per heavy atom. The van der Waals surface area contributed by atoms with Crippen LogP contribution in [0.25, 0.3) is 0 Å². The average molecular weight is 297 g/mol. The summed E-state index contributed by atoms with van der Waals surface area (Å²) < 4.78 is 0. The predicted octanol–water partition coefficient (Wildman–Crippen LogP) is 1.42. The lowest BCUT2D eigenvalue weighted by atomic mass is 9.93. The highest BCUT2D eigenvalue weighted by Crippen LogP contribution is 2.22. The Labute approximate surface area is 123 Å². The third-order valence-electron chi connectivity index (χ3n) is 3.83. The van der Waals surface area contributed by atoms with Crippen molar-refractivity contribution in [2.75, 3.05) is 25.4 Å². The first kappa shape index (κ1) is 15.2. The van der Waals surface area contributed by atoms with Gasteiger partial charge in [-0.25, -0.2) is 0 Å². The van der Waals surface area contributed by atoms with Crippen LogP contribution in [0.5, 0.6) is 0 Å². The monoisotopic (exact) mass is 297 g/mol. The van der Waals surface area contributed by atoms with Gasteiger partial charge in [-0.15, -0.1) is 10.2 Å². The van der Waals surface area contributed by atoms with Crippen LogP contribution in [-0.2, 0) is 4.79 Å². The maximum atomic E-state index is 12.1. The maximum absolute atomic E-state index is 12.1. The van der Waals surface area contributed by atoms with Crippen molar-refractivity contribution in [3.8, 4) is 0 Å². The first-order chi connectivity index (χ1) is 9.58. The van der Waals surface area contributed by atoms with Crippen LogP contribution < -0.4 is 11.1 Å². The summed E-state index contributed by atoms with van der Waals surface area (Å²) in [5, 5.41) is 11.9. The van der Waals surface area contributed by atoms with Crippen molar-refractivity contribution in [3.63, 3.8) is 0 Å². The molecular formula is C13H23N5OS. The molecule has 2 heterocycles. The van der Waals surface area contributed by atoms with E-state index in [1.54, 1.807) is 0 Å². The van der Waals surface area contributed by atoms with E-state index in [-0.39, 0.29) is 11.9 Å². The van der Waals surface area contributed by atoms with Gasteiger partial charge in [-0.3, -0.25) is 4.79 Å². The Hall–Kier alpha value is -1.21. The molecule has 1 aromatic rings. The van der Waals surface area contributed by atoms with Gasteiger partial charge in [-0.05, 0) is 45.3 Å². The minimum absolute atomic E-state index is 0.0984. The summed E-state index contributed by atoms with van der Waals surface area (Å²) >= 11 is 1.32. The van der Waals surface area contributed by atoms with Crippen molar-refractivity contribution in [1.29, 1.82) is 0 Å². The Kier molecular flexibility index (Phi) is 5.31. The molecule has 3 N–H and O–H groups in total. The number of hydrogen-bond acceptors (Lipinski definition) is 6. The van der Waals surface area contributed by atoms with Crippen LogP contribution in [0.2, 0.25) is 0 Å². The normalized spacial score (nSPS) is 18.9. The van der Waals surface area contributed by atoms with E-state index in [4.69, 9.17) is 5.73 Å². The van der Waals surface area contributed by atoms with Crippen LogP contribution in [0.15, 0.2) is 0 Å². The summed E-state index contributed by atoms with van der Waals surface area (Å²) in [5.41, 5.74) is 5.55. The number of nitrogens with two attached hydrogens (primary N) is 1. The van der Waals surface area contributed by atoms with Gasteiger partial charge in [0.2, 0.25) is 11.0 Å². The van der Waals surface area contributed by atoms with Gasteiger partial charge >= 0.3 is 0 Å². The van der Waals surface area contributed by atoms with E-state index < -0.39 is 0 Å². The molecule has 1 aliphatic heterocycles. The molecule has 6 nitrogen and oxygen atoms in total. The molecular weight excluding hydrogens is 274 g/mol. The molecule has 2 rings (SSSR count). The van der Waals surface area contributed by atoms with E-state index in [2.05, 4.69) is 27.3 Å². The van der Waals surface area contributed by atoms with Crippen molar-refractivity contribution < 1.29 is 4.79 Å². The molecule has 0 aliphatic carbocycles. The molecule has 112 valence electrons. The minimum atomic E-state index is -0.118. The summed E-state index contributed by atoms with van der Waals surface area (Å²) in [4.78, 5) is 14.5. The lowest BCUT2D eigenvalue weighted by Crippen LogP contribution is -2.36. The fourth-order valence-electron chi connectivity index (χ4n) is 2.55. The van der Waals surface area contributed by atoms with Gasteiger partial charge in [0.15, 0.2) is 0 Å². The molecule has 1 aromatic heterocycles. The zero-order chi connectivity index (χ0) is 14.5. The molecule has 0 saturated carbocycles. The summed E-state index contributed by atoms with van der Waals surface area (Å²) in [6.45, 7) is 7.42. The number of carbonyl (C=O) groups excluding carboxylic acids is 1. The molecule has 0 aromatic carbocycles. The SMILES string of the molecule is CCN1CCC(CC(=O)NC(C)c2nnc(N)s2)CC1. The van der Waals surface area contributed by atoms with Gasteiger partial charge in [-0.2, -0.15) is 0 Å². The summed E-state index contributed by atoms with van der Waals surface area (Å²) in [6.07, 6.45) is 2.83. The highest BCUT2D eigenvalue weighted by Gasteiger charge is 2.22. The van der Waals surface area contributed by atoms with E-state index >= 15 is 0 Å². The fourth-order valence-corrected chi connectivity index (χ4v) is 3.17. The number of hydrogen-bond donors (Lipinski definition) is 2. The van der Waals surface area contributed by atoms with Crippen molar-refractivity contribution >= 4 is 22.4 Å². The second-order valence-electron chi connectivity index (χ2n) is 5.35. The Bertz CT molecular complexity index is 442. The number of carbonyl (C=O) groups is 1. The Morgan fingerprint density at radius 2 is 2.20 bits per heavy atom. The first-order valence-corrected chi connectivity index (χ1v) is 8.00. The molecule has 1 fully saturated rings. The van der Waals surface area contributed by atoms with E-state index in [1.807, 2.05) is 6.92 Å². The number of nitrogens with zero attached hydrogens (tertiary/aromatic N) is 3. The molecule has 7 heteroatoms. The topological polar surface area (TPSA) is 84.1 Å². The minimum Gasteiger partial charge on any atom is -0.374 e. The summed E-state index contributed by atoms with van der Waals surface area (Å²) in [6, 6.07) is -0.118. The highest BCUT2D eigenvalue weighted by atomic mass is 32.1. The maximum Gasteiger partial charge on any atom is 0.220 e. The van der Waals surface area contributed by atoms with E-state index in [0.29, 0.717) is 17.5 Å². The third-order valence-corrected chi connectivity index (χ3v) is 4.77. The summed E-state index contributed by atoms with van der Waals surface area (Å²) in [7, 11) is 0. The molecule has 1 saturated heterocycles. The highest BCUT2D eigenvalue weighted by molar-refractivity contribution is 7.15. The lowest BCUT2D eigenvalue weighted by Gasteiger charge is -2.30. The molecule has 0 bridgehead atoms. The number of piperidine rings is 1. The molecule has 0 spiro atoms. The molecule has 20 heavy (non-hydrogen) atoms. The van der Waals surface area contributed by atoms with E-state index in [0.717, 1.165) is 37.5 Å². The van der Waals surface area contributed by atoms with Crippen molar-refractivity contribution in [1.82, 2.24) is 20.4 Å². The van der Waals surface area contributed by atoms with Crippen molar-refractivity contribution in [3.05, 3.63) is 5.01 Å².